The lowest BCUT2D eigenvalue weighted by molar-refractivity contribution is -0.162. The van der Waals surface area contributed by atoms with Gasteiger partial charge in [-0.1, -0.05) is 12.1 Å². The summed E-state index contributed by atoms with van der Waals surface area (Å²) in [7, 11) is 0.971. The zero-order valence-electron chi connectivity index (χ0n) is 10.7. The van der Waals surface area contributed by atoms with E-state index in [2.05, 4.69) is 4.74 Å². The average molecular weight is 315 g/mol. The molecule has 1 rings (SSSR count). The van der Waals surface area contributed by atoms with Crippen molar-refractivity contribution in [3.05, 3.63) is 34.9 Å². The van der Waals surface area contributed by atoms with Crippen LogP contribution in [0.5, 0.6) is 0 Å². The molecule has 9 heteroatoms. The lowest BCUT2D eigenvalue weighted by atomic mass is 9.95. The van der Waals surface area contributed by atoms with Crippen molar-refractivity contribution in [3.8, 4) is 0 Å². The monoisotopic (exact) mass is 315 g/mol. The Bertz CT molecular complexity index is 523. The lowest BCUT2D eigenvalue weighted by Gasteiger charge is -2.20. The summed E-state index contributed by atoms with van der Waals surface area (Å²) >= 11 is 0. The van der Waals surface area contributed by atoms with E-state index >= 15 is 0 Å². The molecule has 1 aromatic rings. The number of nitrogens with two attached hydrogens (primary N) is 1. The van der Waals surface area contributed by atoms with Gasteiger partial charge in [0.15, 0.2) is 0 Å². The fourth-order valence-corrected chi connectivity index (χ4v) is 1.81. The summed E-state index contributed by atoms with van der Waals surface area (Å²) in [5, 5.41) is 0. The van der Waals surface area contributed by atoms with Crippen LogP contribution in [0.2, 0.25) is 0 Å². The summed E-state index contributed by atoms with van der Waals surface area (Å²) in [6.45, 7) is 0. The van der Waals surface area contributed by atoms with Crippen LogP contribution in [-0.4, -0.2) is 19.1 Å². The molecular weight excluding hydrogens is 304 g/mol. The molecule has 0 aliphatic heterocycles. The molecule has 0 aromatic heterocycles. The zero-order chi connectivity index (χ0) is 16.4. The van der Waals surface area contributed by atoms with E-state index in [1.807, 2.05) is 0 Å². The molecule has 21 heavy (non-hydrogen) atoms. The highest BCUT2D eigenvalue weighted by molar-refractivity contribution is 5.75. The second-order valence-corrected chi connectivity index (χ2v) is 4.17. The summed E-state index contributed by atoms with van der Waals surface area (Å²) in [6, 6.07) is 0.522. The molecule has 0 saturated carbocycles. The molecule has 0 spiro atoms. The number of halogens is 6. The number of esters is 1. The van der Waals surface area contributed by atoms with Crippen LogP contribution in [0.4, 0.5) is 26.3 Å². The normalized spacial score (nSPS) is 13.9. The van der Waals surface area contributed by atoms with Crippen molar-refractivity contribution in [2.45, 2.75) is 24.8 Å². The highest BCUT2D eigenvalue weighted by atomic mass is 19.4. The summed E-state index contributed by atoms with van der Waals surface area (Å²) in [5.74, 6) is -1.01. The van der Waals surface area contributed by atoms with Gasteiger partial charge in [0.1, 0.15) is 6.04 Å². The molecular formula is C12H11F6NO2. The Kier molecular flexibility index (Phi) is 4.87. The van der Waals surface area contributed by atoms with E-state index in [-0.39, 0.29) is 0 Å². The summed E-state index contributed by atoms with van der Waals surface area (Å²) in [4.78, 5) is 11.1. The van der Waals surface area contributed by atoms with E-state index in [1.54, 1.807) is 0 Å². The topological polar surface area (TPSA) is 52.3 Å². The molecule has 0 radical (unpaired) electrons. The highest BCUT2D eigenvalue weighted by Gasteiger charge is 2.44. The number of hydrogen-bond acceptors (Lipinski definition) is 3. The Balaban J connectivity index is 3.36. The van der Waals surface area contributed by atoms with Crippen LogP contribution in [0.25, 0.3) is 0 Å². The van der Waals surface area contributed by atoms with E-state index in [4.69, 9.17) is 5.73 Å². The van der Waals surface area contributed by atoms with E-state index in [0.29, 0.717) is 6.07 Å². The Morgan fingerprint density at radius 1 is 1.19 bits per heavy atom. The molecule has 0 fully saturated rings. The van der Waals surface area contributed by atoms with Gasteiger partial charge in [0.25, 0.3) is 0 Å². The van der Waals surface area contributed by atoms with Crippen LogP contribution in [0.3, 0.4) is 0 Å². The maximum absolute atomic E-state index is 12.9. The minimum atomic E-state index is -5.22. The van der Waals surface area contributed by atoms with Gasteiger partial charge in [-0.25, -0.2) is 0 Å². The molecule has 0 bridgehead atoms. The van der Waals surface area contributed by atoms with Crippen LogP contribution >= 0.6 is 0 Å². The minimum Gasteiger partial charge on any atom is -0.468 e. The first-order chi connectivity index (χ1) is 9.48. The Morgan fingerprint density at radius 3 is 2.19 bits per heavy atom. The Hall–Kier alpha value is -1.77. The van der Waals surface area contributed by atoms with Gasteiger partial charge < -0.3 is 10.5 Å². The molecule has 118 valence electrons. The quantitative estimate of drug-likeness (QED) is 0.689. The first kappa shape index (κ1) is 17.3. The predicted molar refractivity (Wildman–Crippen MR) is 60.1 cm³/mol. The number of carbonyl (C=O) groups excluding carboxylic acids is 1. The highest BCUT2D eigenvalue weighted by Crippen LogP contribution is 2.42. The SMILES string of the molecule is COC(=O)C(N)Cc1cccc(C(F)(F)F)c1C(F)(F)F. The lowest BCUT2D eigenvalue weighted by Crippen LogP contribution is -2.34. The van der Waals surface area contributed by atoms with Crippen molar-refractivity contribution in [1.82, 2.24) is 0 Å². The van der Waals surface area contributed by atoms with Gasteiger partial charge in [-0.3, -0.25) is 4.79 Å². The fraction of sp³-hybridized carbons (Fsp3) is 0.417. The Labute approximate surface area is 115 Å². The standard InChI is InChI=1S/C12H11F6NO2/c1-21-10(20)8(19)5-6-3-2-4-7(11(13,14)15)9(6)12(16,17)18/h2-4,8H,5,19H2,1H3. The van der Waals surface area contributed by atoms with E-state index in [0.717, 1.165) is 19.2 Å². The molecule has 3 nitrogen and oxygen atoms in total. The molecule has 0 heterocycles. The Morgan fingerprint density at radius 2 is 1.76 bits per heavy atom. The number of hydrogen-bond donors (Lipinski definition) is 1. The number of benzene rings is 1. The van der Waals surface area contributed by atoms with Crippen molar-refractivity contribution in [2.24, 2.45) is 5.73 Å². The molecule has 0 amide bonds. The molecule has 1 atom stereocenters. The van der Waals surface area contributed by atoms with Crippen molar-refractivity contribution in [3.63, 3.8) is 0 Å². The maximum Gasteiger partial charge on any atom is 0.417 e. The number of alkyl halides is 6. The van der Waals surface area contributed by atoms with E-state index in [1.165, 1.54) is 0 Å². The van der Waals surface area contributed by atoms with Gasteiger partial charge in [0, 0.05) is 0 Å². The average Bonchev–Trinajstić information content (AvgIpc) is 2.35. The van der Waals surface area contributed by atoms with Gasteiger partial charge in [0.05, 0.1) is 18.2 Å². The minimum absolute atomic E-state index is 0.329. The molecule has 1 aromatic carbocycles. The molecule has 0 saturated heterocycles. The predicted octanol–water partition coefficient (Wildman–Crippen LogP) is 2.77. The third-order valence-electron chi connectivity index (χ3n) is 2.68. The van der Waals surface area contributed by atoms with Crippen LogP contribution in [0.15, 0.2) is 18.2 Å². The van der Waals surface area contributed by atoms with Crippen LogP contribution in [0.1, 0.15) is 16.7 Å². The molecule has 1 unspecified atom stereocenters. The maximum atomic E-state index is 12.9. The van der Waals surface area contributed by atoms with Crippen LogP contribution in [-0.2, 0) is 28.3 Å². The number of carbonyl (C=O) groups is 1. The number of rotatable bonds is 3. The summed E-state index contributed by atoms with van der Waals surface area (Å²) in [6.07, 6.45) is -11.1. The van der Waals surface area contributed by atoms with Gasteiger partial charge in [-0.05, 0) is 18.1 Å². The summed E-state index contributed by atoms with van der Waals surface area (Å²) in [5.41, 5.74) is 0.944. The van der Waals surface area contributed by atoms with E-state index in [9.17, 15) is 31.1 Å². The molecule has 2 N–H and O–H groups in total. The first-order valence-electron chi connectivity index (χ1n) is 5.58. The second-order valence-electron chi connectivity index (χ2n) is 4.17. The number of methoxy groups -OCH3 is 1. The van der Waals surface area contributed by atoms with Gasteiger partial charge in [0.2, 0.25) is 0 Å². The zero-order valence-corrected chi connectivity index (χ0v) is 10.7. The van der Waals surface area contributed by atoms with E-state index < -0.39 is 47.5 Å². The smallest absolute Gasteiger partial charge is 0.417 e. The largest absolute Gasteiger partial charge is 0.468 e. The molecule has 0 aliphatic rings. The first-order valence-corrected chi connectivity index (χ1v) is 5.58. The summed E-state index contributed by atoms with van der Waals surface area (Å²) < 4.78 is 81.1. The van der Waals surface area contributed by atoms with Crippen molar-refractivity contribution >= 4 is 5.97 Å². The molecule has 0 aliphatic carbocycles. The van der Waals surface area contributed by atoms with Gasteiger partial charge in [-0.2, -0.15) is 26.3 Å². The van der Waals surface area contributed by atoms with Crippen LogP contribution < -0.4 is 5.73 Å². The van der Waals surface area contributed by atoms with Crippen molar-refractivity contribution in [1.29, 1.82) is 0 Å². The fourth-order valence-electron chi connectivity index (χ4n) is 1.81. The van der Waals surface area contributed by atoms with Crippen molar-refractivity contribution < 1.29 is 35.9 Å². The van der Waals surface area contributed by atoms with Gasteiger partial charge >= 0.3 is 18.3 Å². The third kappa shape index (κ3) is 4.10. The second kappa shape index (κ2) is 5.92. The van der Waals surface area contributed by atoms with Crippen molar-refractivity contribution in [2.75, 3.05) is 7.11 Å². The number of ether oxygens (including phenoxy) is 1. The van der Waals surface area contributed by atoms with Gasteiger partial charge in [-0.15, -0.1) is 0 Å². The third-order valence-corrected chi connectivity index (χ3v) is 2.68. The van der Waals surface area contributed by atoms with Crippen LogP contribution in [0, 0.1) is 0 Å².